The maximum atomic E-state index is 12.1. The number of rotatable bonds is 7. The molecule has 0 saturated carbocycles. The highest BCUT2D eigenvalue weighted by molar-refractivity contribution is 7.99. The van der Waals surface area contributed by atoms with Crippen LogP contribution in [0.1, 0.15) is 17.6 Å². The predicted octanol–water partition coefficient (Wildman–Crippen LogP) is 1.63. The van der Waals surface area contributed by atoms with Gasteiger partial charge in [0.2, 0.25) is 5.91 Å². The van der Waals surface area contributed by atoms with Crippen molar-refractivity contribution in [1.29, 1.82) is 0 Å². The third-order valence-corrected chi connectivity index (χ3v) is 5.57. The summed E-state index contributed by atoms with van der Waals surface area (Å²) >= 11 is 2.87. The first-order chi connectivity index (χ1) is 12.2. The molecule has 0 radical (unpaired) electrons. The molecule has 0 bridgehead atoms. The fourth-order valence-corrected chi connectivity index (χ4v) is 4.02. The molecule has 1 N–H and O–H groups in total. The molecule has 8 nitrogen and oxygen atoms in total. The van der Waals surface area contributed by atoms with Gasteiger partial charge in [0.15, 0.2) is 10.3 Å². The molecule has 0 aliphatic carbocycles. The van der Waals surface area contributed by atoms with Crippen LogP contribution in [-0.4, -0.2) is 62.6 Å². The van der Waals surface area contributed by atoms with E-state index in [1.807, 2.05) is 6.92 Å². The molecule has 1 fully saturated rings. The van der Waals surface area contributed by atoms with Crippen molar-refractivity contribution in [2.75, 3.05) is 37.4 Å². The summed E-state index contributed by atoms with van der Waals surface area (Å²) in [6.45, 7) is 8.91. The zero-order valence-electron chi connectivity index (χ0n) is 14.4. The van der Waals surface area contributed by atoms with Gasteiger partial charge in [-0.1, -0.05) is 11.8 Å². The number of aromatic nitrogens is 4. The van der Waals surface area contributed by atoms with E-state index in [1.54, 1.807) is 6.20 Å². The van der Waals surface area contributed by atoms with Gasteiger partial charge < -0.3 is 14.6 Å². The Morgan fingerprint density at radius 3 is 2.88 bits per heavy atom. The molecular formula is C15H22N6O2S2. The molecular weight excluding hydrogens is 360 g/mol. The number of ether oxygens (including phenoxy) is 1. The van der Waals surface area contributed by atoms with Crippen LogP contribution in [0.15, 0.2) is 11.4 Å². The summed E-state index contributed by atoms with van der Waals surface area (Å²) in [6.07, 6.45) is 1.75. The highest BCUT2D eigenvalue weighted by atomic mass is 32.2. The normalized spacial score (nSPS) is 15.4. The molecule has 2 aromatic rings. The van der Waals surface area contributed by atoms with E-state index in [0.717, 1.165) is 55.3 Å². The van der Waals surface area contributed by atoms with Crippen LogP contribution in [-0.2, 0) is 22.6 Å². The molecule has 1 amide bonds. The van der Waals surface area contributed by atoms with Gasteiger partial charge in [0.25, 0.3) is 0 Å². The van der Waals surface area contributed by atoms with E-state index in [4.69, 9.17) is 4.74 Å². The fourth-order valence-electron chi connectivity index (χ4n) is 2.52. The number of nitrogens with zero attached hydrogens (tertiary/aromatic N) is 5. The van der Waals surface area contributed by atoms with Gasteiger partial charge in [0.1, 0.15) is 5.82 Å². The third kappa shape index (κ3) is 5.00. The number of aryl methyl sites for hydroxylation is 1. The number of thioether (sulfide) groups is 1. The van der Waals surface area contributed by atoms with Crippen molar-refractivity contribution >= 4 is 34.1 Å². The Morgan fingerprint density at radius 2 is 2.20 bits per heavy atom. The first-order valence-corrected chi connectivity index (χ1v) is 10.0. The molecule has 3 rings (SSSR count). The van der Waals surface area contributed by atoms with E-state index in [1.165, 1.54) is 23.1 Å². The van der Waals surface area contributed by atoms with Crippen LogP contribution in [0.5, 0.6) is 0 Å². The number of anilines is 1. The Kier molecular flexibility index (Phi) is 6.40. The average Bonchev–Trinajstić information content (AvgIpc) is 3.19. The molecule has 0 spiro atoms. The average molecular weight is 383 g/mol. The molecule has 0 aromatic carbocycles. The smallest absolute Gasteiger partial charge is 0.236 e. The molecule has 25 heavy (non-hydrogen) atoms. The monoisotopic (exact) mass is 382 g/mol. The van der Waals surface area contributed by atoms with Crippen LogP contribution in [0.4, 0.5) is 5.13 Å². The zero-order valence-corrected chi connectivity index (χ0v) is 16.0. The highest BCUT2D eigenvalue weighted by Crippen LogP contribution is 2.20. The van der Waals surface area contributed by atoms with E-state index in [9.17, 15) is 4.79 Å². The summed E-state index contributed by atoms with van der Waals surface area (Å²) in [5.74, 6) is 1.14. The van der Waals surface area contributed by atoms with Crippen LogP contribution in [0, 0.1) is 6.92 Å². The minimum Gasteiger partial charge on any atom is -0.379 e. The Labute approximate surface area is 155 Å². The van der Waals surface area contributed by atoms with Crippen LogP contribution < -0.4 is 5.32 Å². The zero-order chi connectivity index (χ0) is 17.6. The molecule has 1 aliphatic rings. The van der Waals surface area contributed by atoms with Gasteiger partial charge in [-0.2, -0.15) is 0 Å². The molecule has 0 unspecified atom stereocenters. The SMILES string of the molecule is CCn1c(CN2CCOCC2)nnc1SCC(=O)Nc1ncc(C)s1. The highest BCUT2D eigenvalue weighted by Gasteiger charge is 2.17. The van der Waals surface area contributed by atoms with Gasteiger partial charge in [0, 0.05) is 30.7 Å². The van der Waals surface area contributed by atoms with Crippen molar-refractivity contribution in [2.45, 2.75) is 32.1 Å². The molecule has 3 heterocycles. The lowest BCUT2D eigenvalue weighted by Gasteiger charge is -2.26. The van der Waals surface area contributed by atoms with Crippen molar-refractivity contribution < 1.29 is 9.53 Å². The second-order valence-corrected chi connectivity index (χ2v) is 7.82. The van der Waals surface area contributed by atoms with Crippen molar-refractivity contribution in [2.24, 2.45) is 0 Å². The largest absolute Gasteiger partial charge is 0.379 e. The van der Waals surface area contributed by atoms with E-state index in [2.05, 4.69) is 36.9 Å². The summed E-state index contributed by atoms with van der Waals surface area (Å²) in [6, 6.07) is 0. The number of nitrogens with one attached hydrogen (secondary N) is 1. The molecule has 10 heteroatoms. The fraction of sp³-hybridized carbons (Fsp3) is 0.600. The van der Waals surface area contributed by atoms with Crippen LogP contribution >= 0.6 is 23.1 Å². The Bertz CT molecular complexity index is 711. The number of carbonyl (C=O) groups excluding carboxylic acids is 1. The predicted molar refractivity (Wildman–Crippen MR) is 98.0 cm³/mol. The van der Waals surface area contributed by atoms with Gasteiger partial charge in [-0.25, -0.2) is 4.98 Å². The number of hydrogen-bond donors (Lipinski definition) is 1. The lowest BCUT2D eigenvalue weighted by molar-refractivity contribution is -0.113. The first kappa shape index (κ1) is 18.3. The summed E-state index contributed by atoms with van der Waals surface area (Å²) in [4.78, 5) is 19.6. The number of hydrogen-bond acceptors (Lipinski definition) is 8. The van der Waals surface area contributed by atoms with Crippen LogP contribution in [0.25, 0.3) is 0 Å². The minimum absolute atomic E-state index is 0.0836. The second-order valence-electron chi connectivity index (χ2n) is 5.64. The summed E-state index contributed by atoms with van der Waals surface area (Å²) < 4.78 is 7.45. The molecule has 2 aromatic heterocycles. The molecule has 1 saturated heterocycles. The van der Waals surface area contributed by atoms with E-state index >= 15 is 0 Å². The Balaban J connectivity index is 1.55. The van der Waals surface area contributed by atoms with Crippen molar-refractivity contribution in [3.05, 3.63) is 16.9 Å². The maximum Gasteiger partial charge on any atom is 0.236 e. The molecule has 1 aliphatic heterocycles. The maximum absolute atomic E-state index is 12.1. The van der Waals surface area contributed by atoms with Crippen molar-refractivity contribution in [3.63, 3.8) is 0 Å². The standard InChI is InChI=1S/C15H22N6O2S2/c1-3-21-12(9-20-4-6-23-7-5-20)18-19-15(21)24-10-13(22)17-14-16-8-11(2)25-14/h8H,3-7,9-10H2,1-2H3,(H,16,17,22). The Hall–Kier alpha value is -1.49. The minimum atomic E-state index is -0.0836. The van der Waals surface area contributed by atoms with E-state index < -0.39 is 0 Å². The van der Waals surface area contributed by atoms with Gasteiger partial charge in [-0.15, -0.1) is 21.5 Å². The van der Waals surface area contributed by atoms with Crippen LogP contribution in [0.2, 0.25) is 0 Å². The third-order valence-electron chi connectivity index (χ3n) is 3.78. The summed E-state index contributed by atoms with van der Waals surface area (Å²) in [5, 5.41) is 12.8. The Morgan fingerprint density at radius 1 is 1.40 bits per heavy atom. The number of morpholine rings is 1. The summed E-state index contributed by atoms with van der Waals surface area (Å²) in [7, 11) is 0. The molecule has 136 valence electrons. The lowest BCUT2D eigenvalue weighted by Crippen LogP contribution is -2.36. The molecule has 0 atom stereocenters. The van der Waals surface area contributed by atoms with Crippen molar-refractivity contribution in [3.8, 4) is 0 Å². The topological polar surface area (TPSA) is 85.2 Å². The van der Waals surface area contributed by atoms with E-state index in [0.29, 0.717) is 5.13 Å². The second kappa shape index (κ2) is 8.75. The quantitative estimate of drug-likeness (QED) is 0.729. The van der Waals surface area contributed by atoms with Crippen molar-refractivity contribution in [1.82, 2.24) is 24.6 Å². The van der Waals surface area contributed by atoms with Gasteiger partial charge in [-0.3, -0.25) is 9.69 Å². The number of amides is 1. The first-order valence-electron chi connectivity index (χ1n) is 8.23. The number of carbonyl (C=O) groups is 1. The lowest BCUT2D eigenvalue weighted by atomic mass is 10.4. The van der Waals surface area contributed by atoms with Crippen LogP contribution in [0.3, 0.4) is 0 Å². The summed E-state index contributed by atoms with van der Waals surface area (Å²) in [5.41, 5.74) is 0. The number of thiazole rings is 1. The van der Waals surface area contributed by atoms with Gasteiger partial charge in [-0.05, 0) is 13.8 Å². The van der Waals surface area contributed by atoms with Gasteiger partial charge in [0.05, 0.1) is 25.5 Å². The van der Waals surface area contributed by atoms with E-state index in [-0.39, 0.29) is 11.7 Å². The van der Waals surface area contributed by atoms with Gasteiger partial charge >= 0.3 is 0 Å².